The molecule has 1 saturated heterocycles. The van der Waals surface area contributed by atoms with Crippen molar-refractivity contribution in [2.24, 2.45) is 34.5 Å². The van der Waals surface area contributed by atoms with Crippen LogP contribution in [0.1, 0.15) is 45.4 Å². The molecule has 0 amide bonds. The van der Waals surface area contributed by atoms with Crippen molar-refractivity contribution in [2.75, 3.05) is 7.11 Å². The number of rotatable bonds is 3. The Morgan fingerprint density at radius 3 is 2.66 bits per heavy atom. The normalized spacial score (nSPS) is 50.2. The maximum atomic E-state index is 13.2. The molecule has 0 aromatic heterocycles. The van der Waals surface area contributed by atoms with Crippen molar-refractivity contribution in [3.05, 3.63) is 12.2 Å². The second kappa shape index (κ2) is 5.76. The molecule has 5 rings (SSSR count). The number of hydrogen-bond donors (Lipinski definition) is 0. The van der Waals surface area contributed by atoms with Crippen LogP contribution in [0.5, 0.6) is 0 Å². The summed E-state index contributed by atoms with van der Waals surface area (Å²) in [6.07, 6.45) is 5.36. The van der Waals surface area contributed by atoms with Crippen molar-refractivity contribution in [3.8, 4) is 0 Å². The second-order valence-electron chi connectivity index (χ2n) is 11.5. The summed E-state index contributed by atoms with van der Waals surface area (Å²) in [5.41, 5.74) is -0.116. The van der Waals surface area contributed by atoms with E-state index in [4.69, 9.17) is 13.9 Å². The van der Waals surface area contributed by atoms with Crippen LogP contribution in [-0.2, 0) is 23.5 Å². The molecule has 4 bridgehead atoms. The van der Waals surface area contributed by atoms with Gasteiger partial charge in [0.25, 0.3) is 0 Å². The van der Waals surface area contributed by atoms with E-state index in [0.29, 0.717) is 5.92 Å². The first kappa shape index (κ1) is 19.8. The van der Waals surface area contributed by atoms with Crippen LogP contribution in [0.25, 0.3) is 0 Å². The van der Waals surface area contributed by atoms with Crippen molar-refractivity contribution < 1.29 is 23.5 Å². The summed E-state index contributed by atoms with van der Waals surface area (Å²) in [7, 11) is -0.260. The molecule has 6 heteroatoms. The minimum Gasteiger partial charge on any atom is -0.469 e. The smallest absolute Gasteiger partial charge is 0.312 e. The van der Waals surface area contributed by atoms with Crippen LogP contribution < -0.4 is 0 Å². The molecular weight excluding hydrogens is 384 g/mol. The van der Waals surface area contributed by atoms with E-state index >= 15 is 0 Å². The summed E-state index contributed by atoms with van der Waals surface area (Å²) in [6, 6.07) is 0. The fraction of sp³-hybridized carbons (Fsp3) is 0.826. The zero-order valence-corrected chi connectivity index (χ0v) is 19.4. The van der Waals surface area contributed by atoms with Gasteiger partial charge in [0.1, 0.15) is 5.60 Å². The zero-order chi connectivity index (χ0) is 21.0. The van der Waals surface area contributed by atoms with Crippen molar-refractivity contribution in [2.45, 2.75) is 76.8 Å². The molecule has 160 valence electrons. The maximum Gasteiger partial charge on any atom is 0.312 e. The third-order valence-corrected chi connectivity index (χ3v) is 10.0. The lowest BCUT2D eigenvalue weighted by Crippen LogP contribution is -2.50. The topological polar surface area (TPSA) is 61.8 Å². The zero-order valence-electron chi connectivity index (χ0n) is 18.4. The maximum absolute atomic E-state index is 13.2. The number of hydrogen-bond acceptors (Lipinski definition) is 5. The number of carbonyl (C=O) groups is 2. The average molecular weight is 419 g/mol. The van der Waals surface area contributed by atoms with E-state index in [2.05, 4.69) is 26.2 Å². The fourth-order valence-electron chi connectivity index (χ4n) is 8.35. The highest BCUT2D eigenvalue weighted by molar-refractivity contribution is 6.69. The molecule has 4 unspecified atom stereocenters. The minimum atomic E-state index is -1.74. The third-order valence-electron chi connectivity index (χ3n) is 9.02. The van der Waals surface area contributed by atoms with Crippen LogP contribution in [-0.4, -0.2) is 39.1 Å². The van der Waals surface area contributed by atoms with Crippen molar-refractivity contribution >= 4 is 20.3 Å². The van der Waals surface area contributed by atoms with E-state index in [9.17, 15) is 9.59 Å². The van der Waals surface area contributed by atoms with Gasteiger partial charge in [-0.1, -0.05) is 12.2 Å². The largest absolute Gasteiger partial charge is 0.469 e. The Kier molecular flexibility index (Phi) is 3.93. The van der Waals surface area contributed by atoms with Gasteiger partial charge in [0, 0.05) is 17.8 Å². The predicted molar refractivity (Wildman–Crippen MR) is 110 cm³/mol. The van der Waals surface area contributed by atoms with E-state index in [1.54, 1.807) is 0 Å². The van der Waals surface area contributed by atoms with Gasteiger partial charge < -0.3 is 13.9 Å². The van der Waals surface area contributed by atoms with Crippen molar-refractivity contribution in [1.82, 2.24) is 0 Å². The Balaban J connectivity index is 1.66. The highest BCUT2D eigenvalue weighted by Gasteiger charge is 2.82. The van der Waals surface area contributed by atoms with Crippen LogP contribution in [0.2, 0.25) is 19.6 Å². The summed E-state index contributed by atoms with van der Waals surface area (Å²) in [5.74, 6) is -0.206. The monoisotopic (exact) mass is 418 g/mol. The highest BCUT2D eigenvalue weighted by Crippen LogP contribution is 2.78. The van der Waals surface area contributed by atoms with E-state index in [1.807, 2.05) is 6.92 Å². The summed E-state index contributed by atoms with van der Waals surface area (Å²) in [4.78, 5) is 26.3. The SMILES string of the molecule is C=C1C[C@]23C[C@H]1[C@H](O[Si](C)(C)C)CC2[C@@]12CCCC(C)(C(=O)O1)C2C3C(=O)OC. The van der Waals surface area contributed by atoms with Gasteiger partial charge in [0.15, 0.2) is 8.32 Å². The first-order valence-electron chi connectivity index (χ1n) is 11.2. The van der Waals surface area contributed by atoms with Gasteiger partial charge in [0.2, 0.25) is 0 Å². The highest BCUT2D eigenvalue weighted by atomic mass is 28.4. The van der Waals surface area contributed by atoms with E-state index in [-0.39, 0.29) is 41.2 Å². The number of carbonyl (C=O) groups excluding carboxylic acids is 2. The van der Waals surface area contributed by atoms with Gasteiger partial charge >= 0.3 is 11.9 Å². The van der Waals surface area contributed by atoms with Crippen LogP contribution in [0.3, 0.4) is 0 Å². The molecule has 1 aliphatic heterocycles. The predicted octanol–water partition coefficient (Wildman–Crippen LogP) is 4.08. The standard InChI is InChI=1S/C23H34O5Si/c1-13-11-22-12-14(13)15(28-29(4,5)6)10-16(22)23-9-7-8-21(2,20(25)27-23)18(23)17(22)19(24)26-3/h14-18H,1,7-12H2,2-6H3/t14-,15-,16?,17?,18?,21?,22+,23-/m1/s1. The van der Waals surface area contributed by atoms with E-state index in [1.165, 1.54) is 12.7 Å². The van der Waals surface area contributed by atoms with Crippen LogP contribution in [0.15, 0.2) is 12.2 Å². The Morgan fingerprint density at radius 1 is 1.28 bits per heavy atom. The van der Waals surface area contributed by atoms with Crippen LogP contribution in [0, 0.1) is 34.5 Å². The van der Waals surface area contributed by atoms with Gasteiger partial charge in [-0.05, 0) is 70.5 Å². The lowest BCUT2D eigenvalue weighted by atomic mass is 9.60. The summed E-state index contributed by atoms with van der Waals surface area (Å²) < 4.78 is 18.4. The molecule has 5 nitrogen and oxygen atoms in total. The molecule has 1 heterocycles. The molecule has 4 saturated carbocycles. The lowest BCUT2D eigenvalue weighted by molar-refractivity contribution is -0.163. The van der Waals surface area contributed by atoms with E-state index < -0.39 is 19.3 Å². The van der Waals surface area contributed by atoms with E-state index in [0.717, 1.165) is 38.5 Å². The molecule has 8 atom stereocenters. The van der Waals surface area contributed by atoms with Gasteiger partial charge in [0.05, 0.1) is 24.5 Å². The molecule has 1 spiro atoms. The molecule has 5 aliphatic rings. The summed E-state index contributed by atoms with van der Waals surface area (Å²) in [5, 5.41) is 0. The third kappa shape index (κ3) is 2.30. The second-order valence-corrected chi connectivity index (χ2v) is 16.0. The first-order valence-corrected chi connectivity index (χ1v) is 14.6. The lowest BCUT2D eigenvalue weighted by Gasteiger charge is -2.47. The van der Waals surface area contributed by atoms with Crippen LogP contribution in [0.4, 0.5) is 0 Å². The molecule has 0 aromatic carbocycles. The Morgan fingerprint density at radius 2 is 2.00 bits per heavy atom. The van der Waals surface area contributed by atoms with Crippen LogP contribution >= 0.6 is 0 Å². The molecule has 0 N–H and O–H groups in total. The Bertz CT molecular complexity index is 802. The molecule has 0 radical (unpaired) electrons. The molecular formula is C23H34O5Si. The number of esters is 2. The minimum absolute atomic E-state index is 0.0918. The van der Waals surface area contributed by atoms with Gasteiger partial charge in [-0.2, -0.15) is 0 Å². The fourth-order valence-corrected chi connectivity index (χ4v) is 9.52. The first-order chi connectivity index (χ1) is 13.5. The summed E-state index contributed by atoms with van der Waals surface area (Å²) >= 11 is 0. The van der Waals surface area contributed by atoms with Gasteiger partial charge in [-0.25, -0.2) is 0 Å². The quantitative estimate of drug-likeness (QED) is 0.393. The van der Waals surface area contributed by atoms with Crippen molar-refractivity contribution in [1.29, 1.82) is 0 Å². The average Bonchev–Trinajstić information content (AvgIpc) is 3.08. The molecule has 5 fully saturated rings. The van der Waals surface area contributed by atoms with Gasteiger partial charge in [-0.15, -0.1) is 0 Å². The Hall–Kier alpha value is -1.14. The molecule has 4 aliphatic carbocycles. The number of ether oxygens (including phenoxy) is 2. The summed E-state index contributed by atoms with van der Waals surface area (Å²) in [6.45, 7) is 13.2. The molecule has 0 aromatic rings. The Labute approximate surface area is 174 Å². The number of methoxy groups -OCH3 is 1. The van der Waals surface area contributed by atoms with Crippen molar-refractivity contribution in [3.63, 3.8) is 0 Å². The number of fused-ring (bicyclic) bond motifs is 1. The van der Waals surface area contributed by atoms with Gasteiger partial charge in [-0.3, -0.25) is 9.59 Å². The molecule has 29 heavy (non-hydrogen) atoms.